The Hall–Kier alpha value is -2.53. The zero-order valence-electron chi connectivity index (χ0n) is 13.5. The van der Waals surface area contributed by atoms with E-state index in [9.17, 15) is 0 Å². The van der Waals surface area contributed by atoms with Crippen LogP contribution in [-0.4, -0.2) is 33.3 Å². The van der Waals surface area contributed by atoms with Gasteiger partial charge in [-0.1, -0.05) is 54.6 Å². The van der Waals surface area contributed by atoms with E-state index in [-0.39, 0.29) is 6.04 Å². The van der Waals surface area contributed by atoms with Crippen molar-refractivity contribution < 1.29 is 0 Å². The smallest absolute Gasteiger partial charge is 0.162 e. The minimum absolute atomic E-state index is 0.130. The first-order valence-corrected chi connectivity index (χ1v) is 8.50. The number of piperidine rings is 1. The van der Waals surface area contributed by atoms with Crippen molar-refractivity contribution in [2.75, 3.05) is 13.1 Å². The summed E-state index contributed by atoms with van der Waals surface area (Å²) < 4.78 is 0. The lowest BCUT2D eigenvalue weighted by Gasteiger charge is -2.30. The number of hydrogen-bond donors (Lipinski definition) is 1. The summed E-state index contributed by atoms with van der Waals surface area (Å²) in [5.74, 6) is 0.482. The average molecular weight is 319 g/mol. The van der Waals surface area contributed by atoms with E-state index in [0.29, 0.717) is 5.92 Å². The average Bonchev–Trinajstić information content (AvgIpc) is 3.18. The third kappa shape index (κ3) is 3.08. The Labute approximate surface area is 141 Å². The molecule has 1 N–H and O–H groups in total. The second kappa shape index (κ2) is 6.93. The van der Waals surface area contributed by atoms with Crippen molar-refractivity contribution in [1.82, 2.24) is 25.5 Å². The summed E-state index contributed by atoms with van der Waals surface area (Å²) in [6.45, 7) is 2.09. The van der Waals surface area contributed by atoms with Crippen molar-refractivity contribution >= 4 is 0 Å². The number of aromatic nitrogens is 4. The summed E-state index contributed by atoms with van der Waals surface area (Å²) in [6, 6.07) is 19.3. The van der Waals surface area contributed by atoms with Gasteiger partial charge in [-0.05, 0) is 47.2 Å². The van der Waals surface area contributed by atoms with E-state index in [1.54, 1.807) is 4.80 Å². The zero-order chi connectivity index (χ0) is 16.2. The predicted octanol–water partition coefficient (Wildman–Crippen LogP) is 2.93. The summed E-state index contributed by atoms with van der Waals surface area (Å²) in [5, 5.41) is 15.9. The van der Waals surface area contributed by atoms with Crippen LogP contribution in [0.15, 0.2) is 60.9 Å². The molecule has 1 aliphatic heterocycles. The van der Waals surface area contributed by atoms with Gasteiger partial charge < -0.3 is 5.32 Å². The van der Waals surface area contributed by atoms with Crippen molar-refractivity contribution in [3.63, 3.8) is 0 Å². The third-order valence-electron chi connectivity index (χ3n) is 4.75. The van der Waals surface area contributed by atoms with Gasteiger partial charge in [0.25, 0.3) is 0 Å². The van der Waals surface area contributed by atoms with Crippen LogP contribution in [0.4, 0.5) is 0 Å². The standard InChI is InChI=1S/C19H21N5/c1-2-5-15(6-3-1)16-8-10-17(11-9-16)19(24-22-14-21-23-24)18-7-4-12-20-13-18/h1-3,5-6,8-11,14,18-20H,4,7,12-13H2/t18-,19?/m0/s1. The molecule has 0 spiro atoms. The van der Waals surface area contributed by atoms with Crippen molar-refractivity contribution in [3.8, 4) is 11.1 Å². The molecule has 1 aromatic heterocycles. The van der Waals surface area contributed by atoms with Crippen LogP contribution < -0.4 is 5.32 Å². The summed E-state index contributed by atoms with van der Waals surface area (Å²) >= 11 is 0. The lowest BCUT2D eigenvalue weighted by atomic mass is 9.87. The predicted molar refractivity (Wildman–Crippen MR) is 93.4 cm³/mol. The topological polar surface area (TPSA) is 55.6 Å². The number of nitrogens with zero attached hydrogens (tertiary/aromatic N) is 4. The SMILES string of the molecule is c1ccc(-c2ccc(C([C@H]3CCCNC3)n3ncnn3)cc2)cc1. The van der Waals surface area contributed by atoms with Crippen molar-refractivity contribution in [3.05, 3.63) is 66.5 Å². The molecule has 0 aliphatic carbocycles. The van der Waals surface area contributed by atoms with Crippen LogP contribution in [0.3, 0.4) is 0 Å². The van der Waals surface area contributed by atoms with E-state index in [4.69, 9.17) is 0 Å². The highest BCUT2D eigenvalue weighted by atomic mass is 15.6. The van der Waals surface area contributed by atoms with Crippen molar-refractivity contribution in [2.45, 2.75) is 18.9 Å². The highest BCUT2D eigenvalue weighted by Crippen LogP contribution is 2.31. The molecule has 0 bridgehead atoms. The maximum atomic E-state index is 4.32. The monoisotopic (exact) mass is 319 g/mol. The molecule has 24 heavy (non-hydrogen) atoms. The second-order valence-electron chi connectivity index (χ2n) is 6.30. The number of nitrogens with one attached hydrogen (secondary N) is 1. The van der Waals surface area contributed by atoms with E-state index in [0.717, 1.165) is 13.1 Å². The van der Waals surface area contributed by atoms with E-state index in [1.165, 1.54) is 35.9 Å². The minimum Gasteiger partial charge on any atom is -0.316 e. The fraction of sp³-hybridized carbons (Fsp3) is 0.316. The lowest BCUT2D eigenvalue weighted by molar-refractivity contribution is 0.261. The first-order valence-electron chi connectivity index (χ1n) is 8.50. The molecule has 3 aromatic rings. The molecule has 2 aromatic carbocycles. The van der Waals surface area contributed by atoms with Crippen LogP contribution >= 0.6 is 0 Å². The van der Waals surface area contributed by atoms with E-state index in [2.05, 4.69) is 69.3 Å². The molecular weight excluding hydrogens is 298 g/mol. The number of rotatable bonds is 4. The van der Waals surface area contributed by atoms with Gasteiger partial charge in [0.15, 0.2) is 6.33 Å². The third-order valence-corrected chi connectivity index (χ3v) is 4.75. The summed E-state index contributed by atoms with van der Waals surface area (Å²) in [5.41, 5.74) is 3.70. The summed E-state index contributed by atoms with van der Waals surface area (Å²) in [6.07, 6.45) is 3.89. The molecule has 5 nitrogen and oxygen atoms in total. The molecular formula is C19H21N5. The normalized spacial score (nSPS) is 19.1. The lowest BCUT2D eigenvalue weighted by Crippen LogP contribution is -2.36. The van der Waals surface area contributed by atoms with Gasteiger partial charge in [0.1, 0.15) is 6.04 Å². The van der Waals surface area contributed by atoms with Crippen LogP contribution in [0.1, 0.15) is 24.4 Å². The minimum atomic E-state index is 0.130. The van der Waals surface area contributed by atoms with E-state index < -0.39 is 0 Å². The van der Waals surface area contributed by atoms with Crippen molar-refractivity contribution in [1.29, 1.82) is 0 Å². The summed E-state index contributed by atoms with van der Waals surface area (Å²) in [4.78, 5) is 1.76. The Morgan fingerprint density at radius 1 is 1.00 bits per heavy atom. The fourth-order valence-corrected chi connectivity index (χ4v) is 3.55. The first kappa shape index (κ1) is 15.0. The molecule has 0 amide bonds. The quantitative estimate of drug-likeness (QED) is 0.803. The van der Waals surface area contributed by atoms with Crippen LogP contribution in [0.2, 0.25) is 0 Å². The van der Waals surface area contributed by atoms with Crippen LogP contribution in [-0.2, 0) is 0 Å². The second-order valence-corrected chi connectivity index (χ2v) is 6.30. The van der Waals surface area contributed by atoms with Gasteiger partial charge in [-0.2, -0.15) is 4.80 Å². The first-order chi connectivity index (χ1) is 11.9. The van der Waals surface area contributed by atoms with E-state index in [1.807, 2.05) is 6.07 Å². The van der Waals surface area contributed by atoms with Gasteiger partial charge in [0, 0.05) is 6.54 Å². The molecule has 4 rings (SSSR count). The maximum Gasteiger partial charge on any atom is 0.162 e. The largest absolute Gasteiger partial charge is 0.316 e. The molecule has 122 valence electrons. The van der Waals surface area contributed by atoms with Gasteiger partial charge in [-0.3, -0.25) is 0 Å². The Bertz CT molecular complexity index is 746. The van der Waals surface area contributed by atoms with Gasteiger partial charge in [0.2, 0.25) is 0 Å². The Morgan fingerprint density at radius 2 is 1.79 bits per heavy atom. The summed E-state index contributed by atoms with van der Waals surface area (Å²) in [7, 11) is 0. The molecule has 0 saturated carbocycles. The molecule has 2 atom stereocenters. The molecule has 1 aliphatic rings. The highest BCUT2D eigenvalue weighted by Gasteiger charge is 2.28. The number of tetrazole rings is 1. The Kier molecular flexibility index (Phi) is 4.34. The van der Waals surface area contributed by atoms with Gasteiger partial charge >= 0.3 is 0 Å². The van der Waals surface area contributed by atoms with Gasteiger partial charge in [0.05, 0.1) is 0 Å². The molecule has 5 heteroatoms. The number of benzene rings is 2. The Morgan fingerprint density at radius 3 is 2.46 bits per heavy atom. The van der Waals surface area contributed by atoms with Crippen LogP contribution in [0, 0.1) is 5.92 Å². The number of hydrogen-bond acceptors (Lipinski definition) is 4. The van der Waals surface area contributed by atoms with E-state index >= 15 is 0 Å². The van der Waals surface area contributed by atoms with Crippen molar-refractivity contribution in [2.24, 2.45) is 5.92 Å². The molecule has 2 heterocycles. The molecule has 0 radical (unpaired) electrons. The Balaban J connectivity index is 1.65. The van der Waals surface area contributed by atoms with Gasteiger partial charge in [-0.25, -0.2) is 0 Å². The maximum absolute atomic E-state index is 4.32. The van der Waals surface area contributed by atoms with Gasteiger partial charge in [-0.15, -0.1) is 10.2 Å². The highest BCUT2D eigenvalue weighted by molar-refractivity contribution is 5.63. The zero-order valence-corrected chi connectivity index (χ0v) is 13.5. The molecule has 1 saturated heterocycles. The molecule has 1 unspecified atom stereocenters. The molecule has 1 fully saturated rings. The van der Waals surface area contributed by atoms with Crippen LogP contribution in [0.5, 0.6) is 0 Å². The van der Waals surface area contributed by atoms with Crippen LogP contribution in [0.25, 0.3) is 11.1 Å². The fourth-order valence-electron chi connectivity index (χ4n) is 3.55.